The lowest BCUT2D eigenvalue weighted by Gasteiger charge is -2.10. The minimum absolute atomic E-state index is 0.927. The SMILES string of the molecule is CCCCCCCC=CCCCCC(C)CCCCCC=CCCCCCCCC. The number of hydrogen-bond acceptors (Lipinski definition) is 0. The van der Waals surface area contributed by atoms with E-state index >= 15 is 0 Å². The monoisotopic (exact) mass is 418 g/mol. The first-order chi connectivity index (χ1) is 14.8. The van der Waals surface area contributed by atoms with Gasteiger partial charge in [0.2, 0.25) is 0 Å². The topological polar surface area (TPSA) is 0 Å². The lowest BCUT2D eigenvalue weighted by atomic mass is 9.96. The van der Waals surface area contributed by atoms with Gasteiger partial charge in [-0.2, -0.15) is 0 Å². The standard InChI is InChI=1S/C30H58/c1-4-6-8-10-12-14-16-17-19-21-23-25-27-29-30(3)28-26-24-22-20-18-15-13-11-9-7-5-2/h17-20,30H,4-16,21-29H2,1-3H3. The van der Waals surface area contributed by atoms with Crippen LogP contribution in [0.1, 0.15) is 162 Å². The fourth-order valence-corrected chi connectivity index (χ4v) is 4.21. The molecule has 0 heterocycles. The molecule has 0 aliphatic heterocycles. The summed E-state index contributed by atoms with van der Waals surface area (Å²) in [7, 11) is 0. The van der Waals surface area contributed by atoms with Gasteiger partial charge in [0.05, 0.1) is 0 Å². The van der Waals surface area contributed by atoms with Gasteiger partial charge in [-0.1, -0.05) is 135 Å². The van der Waals surface area contributed by atoms with E-state index in [1.165, 1.54) is 141 Å². The molecule has 0 fully saturated rings. The van der Waals surface area contributed by atoms with Crippen LogP contribution in [-0.2, 0) is 0 Å². The molecular weight excluding hydrogens is 360 g/mol. The highest BCUT2D eigenvalue weighted by molar-refractivity contribution is 4.82. The van der Waals surface area contributed by atoms with Gasteiger partial charge < -0.3 is 0 Å². The average Bonchev–Trinajstić information content (AvgIpc) is 2.75. The largest absolute Gasteiger partial charge is 0.0885 e. The third-order valence-electron chi connectivity index (χ3n) is 6.42. The predicted molar refractivity (Wildman–Crippen MR) is 140 cm³/mol. The summed E-state index contributed by atoms with van der Waals surface area (Å²) < 4.78 is 0. The molecule has 0 bridgehead atoms. The van der Waals surface area contributed by atoms with Crippen molar-refractivity contribution >= 4 is 0 Å². The molecule has 0 aliphatic rings. The second-order valence-electron chi connectivity index (χ2n) is 9.73. The molecule has 1 atom stereocenters. The fourth-order valence-electron chi connectivity index (χ4n) is 4.21. The van der Waals surface area contributed by atoms with Crippen molar-refractivity contribution in [2.45, 2.75) is 162 Å². The zero-order valence-electron chi connectivity index (χ0n) is 21.4. The molecule has 0 saturated heterocycles. The van der Waals surface area contributed by atoms with Gasteiger partial charge >= 0.3 is 0 Å². The van der Waals surface area contributed by atoms with E-state index in [-0.39, 0.29) is 0 Å². The van der Waals surface area contributed by atoms with Crippen molar-refractivity contribution in [2.75, 3.05) is 0 Å². The van der Waals surface area contributed by atoms with E-state index in [9.17, 15) is 0 Å². The summed E-state index contributed by atoms with van der Waals surface area (Å²) in [6, 6.07) is 0. The van der Waals surface area contributed by atoms with Gasteiger partial charge in [-0.15, -0.1) is 0 Å². The van der Waals surface area contributed by atoms with Gasteiger partial charge in [0.25, 0.3) is 0 Å². The zero-order chi connectivity index (χ0) is 22.0. The zero-order valence-corrected chi connectivity index (χ0v) is 21.4. The highest BCUT2D eigenvalue weighted by atomic mass is 14.1. The molecule has 0 aromatic heterocycles. The van der Waals surface area contributed by atoms with Crippen LogP contribution < -0.4 is 0 Å². The average molecular weight is 419 g/mol. The summed E-state index contributed by atoms with van der Waals surface area (Å²) in [6.07, 6.45) is 40.4. The van der Waals surface area contributed by atoms with Crippen LogP contribution in [0.4, 0.5) is 0 Å². The van der Waals surface area contributed by atoms with Crippen LogP contribution in [0.3, 0.4) is 0 Å². The van der Waals surface area contributed by atoms with Crippen LogP contribution in [0, 0.1) is 5.92 Å². The molecule has 0 nitrogen and oxygen atoms in total. The normalized spacial score (nSPS) is 13.0. The van der Waals surface area contributed by atoms with E-state index < -0.39 is 0 Å². The first-order valence-corrected chi connectivity index (χ1v) is 14.1. The van der Waals surface area contributed by atoms with E-state index in [0.29, 0.717) is 0 Å². The van der Waals surface area contributed by atoms with Crippen molar-refractivity contribution in [3.63, 3.8) is 0 Å². The van der Waals surface area contributed by atoms with Crippen LogP contribution in [-0.4, -0.2) is 0 Å². The molecular formula is C30H58. The lowest BCUT2D eigenvalue weighted by molar-refractivity contribution is 0.442. The van der Waals surface area contributed by atoms with Gasteiger partial charge in [0.15, 0.2) is 0 Å². The van der Waals surface area contributed by atoms with Gasteiger partial charge in [0, 0.05) is 0 Å². The minimum atomic E-state index is 0.927. The van der Waals surface area contributed by atoms with E-state index in [1.54, 1.807) is 0 Å². The molecule has 1 unspecified atom stereocenters. The Kier molecular flexibility index (Phi) is 26.1. The first kappa shape index (κ1) is 29.5. The Morgan fingerprint density at radius 2 is 0.700 bits per heavy atom. The second-order valence-corrected chi connectivity index (χ2v) is 9.73. The summed E-state index contributed by atoms with van der Waals surface area (Å²) >= 11 is 0. The maximum absolute atomic E-state index is 2.46. The van der Waals surface area contributed by atoms with Crippen molar-refractivity contribution in [2.24, 2.45) is 5.92 Å². The molecule has 0 aliphatic carbocycles. The summed E-state index contributed by atoms with van der Waals surface area (Å²) in [5.74, 6) is 0.927. The molecule has 0 saturated carbocycles. The third kappa shape index (κ3) is 25.5. The first-order valence-electron chi connectivity index (χ1n) is 14.1. The quantitative estimate of drug-likeness (QED) is 0.108. The summed E-state index contributed by atoms with van der Waals surface area (Å²) in [6.45, 7) is 7.05. The van der Waals surface area contributed by atoms with Crippen molar-refractivity contribution in [1.82, 2.24) is 0 Å². The molecule has 0 amide bonds. The van der Waals surface area contributed by atoms with E-state index in [4.69, 9.17) is 0 Å². The second kappa shape index (κ2) is 26.5. The van der Waals surface area contributed by atoms with Crippen molar-refractivity contribution in [3.8, 4) is 0 Å². The maximum Gasteiger partial charge on any atom is -0.0351 e. The maximum atomic E-state index is 2.46. The summed E-state index contributed by atoms with van der Waals surface area (Å²) in [5, 5.41) is 0. The Labute approximate surface area is 192 Å². The number of allylic oxidation sites excluding steroid dienone is 4. The van der Waals surface area contributed by atoms with E-state index in [0.717, 1.165) is 5.92 Å². The Balaban J connectivity index is 3.26. The highest BCUT2D eigenvalue weighted by Crippen LogP contribution is 2.17. The molecule has 30 heavy (non-hydrogen) atoms. The van der Waals surface area contributed by atoms with Crippen LogP contribution in [0.5, 0.6) is 0 Å². The van der Waals surface area contributed by atoms with Crippen molar-refractivity contribution < 1.29 is 0 Å². The number of unbranched alkanes of at least 4 members (excludes halogenated alkanes) is 16. The number of hydrogen-bond donors (Lipinski definition) is 0. The molecule has 0 radical (unpaired) electrons. The molecule has 0 aromatic rings. The van der Waals surface area contributed by atoms with Gasteiger partial charge in [-0.05, 0) is 57.3 Å². The summed E-state index contributed by atoms with van der Waals surface area (Å²) in [4.78, 5) is 0. The van der Waals surface area contributed by atoms with Crippen LogP contribution in [0.2, 0.25) is 0 Å². The molecule has 0 spiro atoms. The summed E-state index contributed by atoms with van der Waals surface area (Å²) in [5.41, 5.74) is 0. The van der Waals surface area contributed by atoms with Crippen LogP contribution in [0.25, 0.3) is 0 Å². The Hall–Kier alpha value is -0.520. The lowest BCUT2D eigenvalue weighted by Crippen LogP contribution is -1.94. The fraction of sp³-hybridized carbons (Fsp3) is 0.867. The van der Waals surface area contributed by atoms with Gasteiger partial charge in [-0.25, -0.2) is 0 Å². The number of rotatable bonds is 24. The molecule has 0 N–H and O–H groups in total. The van der Waals surface area contributed by atoms with Gasteiger partial charge in [-0.3, -0.25) is 0 Å². The van der Waals surface area contributed by atoms with Crippen LogP contribution in [0.15, 0.2) is 24.3 Å². The van der Waals surface area contributed by atoms with Crippen molar-refractivity contribution in [1.29, 1.82) is 0 Å². The Morgan fingerprint density at radius 1 is 0.400 bits per heavy atom. The van der Waals surface area contributed by atoms with Gasteiger partial charge in [0.1, 0.15) is 0 Å². The molecule has 0 rings (SSSR count). The van der Waals surface area contributed by atoms with E-state index in [2.05, 4.69) is 45.1 Å². The third-order valence-corrected chi connectivity index (χ3v) is 6.42. The Morgan fingerprint density at radius 3 is 1.13 bits per heavy atom. The molecule has 178 valence electrons. The van der Waals surface area contributed by atoms with E-state index in [1.807, 2.05) is 0 Å². The van der Waals surface area contributed by atoms with Crippen LogP contribution >= 0.6 is 0 Å². The molecule has 0 aromatic carbocycles. The smallest absolute Gasteiger partial charge is 0.0351 e. The molecule has 0 heteroatoms. The minimum Gasteiger partial charge on any atom is -0.0885 e. The predicted octanol–water partition coefficient (Wildman–Crippen LogP) is 11.4. The Bertz CT molecular complexity index is 351. The highest BCUT2D eigenvalue weighted by Gasteiger charge is 2.01. The van der Waals surface area contributed by atoms with Crippen molar-refractivity contribution in [3.05, 3.63) is 24.3 Å².